The zero-order valence-corrected chi connectivity index (χ0v) is 28.3. The van der Waals surface area contributed by atoms with Gasteiger partial charge in [-0.25, -0.2) is 19.9 Å². The first-order valence-electron chi connectivity index (χ1n) is 17.4. The predicted octanol–water partition coefficient (Wildman–Crippen LogP) is 12.1. The van der Waals surface area contributed by atoms with Crippen LogP contribution in [0.2, 0.25) is 0 Å². The third-order valence-electron chi connectivity index (χ3n) is 9.34. The van der Waals surface area contributed by atoms with Crippen molar-refractivity contribution in [1.82, 2.24) is 19.9 Å². The highest BCUT2D eigenvalue weighted by molar-refractivity contribution is 6.04. The van der Waals surface area contributed by atoms with Gasteiger partial charge in [0.05, 0.1) is 11.4 Å². The van der Waals surface area contributed by atoms with Gasteiger partial charge in [0.1, 0.15) is 0 Å². The lowest BCUT2D eigenvalue weighted by atomic mass is 9.90. The Balaban J connectivity index is 1.20. The van der Waals surface area contributed by atoms with Gasteiger partial charge in [-0.15, -0.1) is 0 Å². The number of hydrogen-bond acceptors (Lipinski definition) is 4. The Morgan fingerprint density at radius 2 is 0.712 bits per heavy atom. The number of rotatable bonds is 7. The number of benzene rings is 7. The van der Waals surface area contributed by atoms with Crippen molar-refractivity contribution in [1.29, 1.82) is 0 Å². The fourth-order valence-corrected chi connectivity index (χ4v) is 6.74. The van der Waals surface area contributed by atoms with Crippen molar-refractivity contribution in [3.8, 4) is 78.9 Å². The van der Waals surface area contributed by atoms with Crippen molar-refractivity contribution < 1.29 is 0 Å². The van der Waals surface area contributed by atoms with Gasteiger partial charge in [0.15, 0.2) is 17.5 Å². The number of hydrogen-bond donors (Lipinski definition) is 0. The van der Waals surface area contributed by atoms with Crippen LogP contribution in [-0.2, 0) is 0 Å². The molecule has 0 spiro atoms. The number of aromatic nitrogens is 4. The van der Waals surface area contributed by atoms with E-state index in [9.17, 15) is 0 Å². The Hall–Kier alpha value is -7.04. The molecule has 0 aliphatic carbocycles. The Kier molecular flexibility index (Phi) is 8.16. The summed E-state index contributed by atoms with van der Waals surface area (Å²) >= 11 is 0. The van der Waals surface area contributed by atoms with Crippen molar-refractivity contribution in [3.05, 3.63) is 194 Å². The summed E-state index contributed by atoms with van der Waals surface area (Å²) in [5, 5.41) is 2.32. The summed E-state index contributed by atoms with van der Waals surface area (Å²) in [5.41, 5.74) is 11.3. The molecule has 52 heavy (non-hydrogen) atoms. The molecule has 0 saturated carbocycles. The van der Waals surface area contributed by atoms with Crippen LogP contribution in [0, 0.1) is 0 Å². The van der Waals surface area contributed by atoms with E-state index in [-0.39, 0.29) is 0 Å². The first kappa shape index (κ1) is 31.0. The van der Waals surface area contributed by atoms with Crippen LogP contribution in [-0.4, -0.2) is 19.9 Å². The summed E-state index contributed by atoms with van der Waals surface area (Å²) in [6, 6.07) is 67.0. The maximum absolute atomic E-state index is 5.35. The molecule has 0 saturated heterocycles. The first-order chi connectivity index (χ1) is 25.8. The Morgan fingerprint density at radius 1 is 0.269 bits per heavy atom. The lowest BCUT2D eigenvalue weighted by Crippen LogP contribution is -2.00. The Morgan fingerprint density at radius 3 is 1.29 bits per heavy atom. The third kappa shape index (κ3) is 6.14. The highest BCUT2D eigenvalue weighted by atomic mass is 15.0. The minimum atomic E-state index is 0.628. The van der Waals surface area contributed by atoms with Crippen LogP contribution >= 0.6 is 0 Å². The smallest absolute Gasteiger partial charge is 0.164 e. The van der Waals surface area contributed by atoms with Crippen LogP contribution in [0.15, 0.2) is 194 Å². The fourth-order valence-electron chi connectivity index (χ4n) is 6.74. The van der Waals surface area contributed by atoms with Gasteiger partial charge in [0.2, 0.25) is 0 Å². The van der Waals surface area contributed by atoms with Crippen molar-refractivity contribution in [2.24, 2.45) is 0 Å². The molecule has 0 radical (unpaired) electrons. The lowest BCUT2D eigenvalue weighted by molar-refractivity contribution is 1.07. The molecule has 2 aromatic heterocycles. The highest BCUT2D eigenvalue weighted by Crippen LogP contribution is 2.40. The van der Waals surface area contributed by atoms with E-state index in [4.69, 9.17) is 19.9 Å². The summed E-state index contributed by atoms with van der Waals surface area (Å²) < 4.78 is 0. The van der Waals surface area contributed by atoms with Crippen LogP contribution in [0.4, 0.5) is 0 Å². The quantitative estimate of drug-likeness (QED) is 0.170. The standard InChI is InChI=1S/C48H32N4/c1-5-15-33(16-6-1)40-31-43(36-18-7-2-8-19-36)49-44(32-40)45-41-24-14-13-17-34(41)29-30-42(45)35-25-27-39(28-26-35)48-51-46(37-20-9-3-10-21-37)50-47(52-48)38-22-11-4-12-23-38/h1-32H. The van der Waals surface area contributed by atoms with Crippen LogP contribution in [0.1, 0.15) is 0 Å². The molecule has 4 nitrogen and oxygen atoms in total. The van der Waals surface area contributed by atoms with E-state index in [0.29, 0.717) is 17.5 Å². The molecule has 0 atom stereocenters. The molecule has 0 bridgehead atoms. The normalized spacial score (nSPS) is 11.1. The van der Waals surface area contributed by atoms with Gasteiger partial charge in [0.25, 0.3) is 0 Å². The molecule has 4 heteroatoms. The minimum Gasteiger partial charge on any atom is -0.248 e. The zero-order chi connectivity index (χ0) is 34.7. The van der Waals surface area contributed by atoms with Gasteiger partial charge >= 0.3 is 0 Å². The van der Waals surface area contributed by atoms with Gasteiger partial charge in [-0.3, -0.25) is 0 Å². The van der Waals surface area contributed by atoms with Crippen molar-refractivity contribution in [2.75, 3.05) is 0 Å². The van der Waals surface area contributed by atoms with E-state index in [2.05, 4.69) is 127 Å². The maximum atomic E-state index is 5.35. The average molecular weight is 665 g/mol. The van der Waals surface area contributed by atoms with E-state index >= 15 is 0 Å². The monoisotopic (exact) mass is 664 g/mol. The molecule has 0 aliphatic rings. The van der Waals surface area contributed by atoms with E-state index in [1.807, 2.05) is 66.7 Å². The number of fused-ring (bicyclic) bond motifs is 1. The average Bonchev–Trinajstić information content (AvgIpc) is 3.24. The first-order valence-corrected chi connectivity index (χ1v) is 17.4. The number of nitrogens with zero attached hydrogens (tertiary/aromatic N) is 4. The second-order valence-corrected chi connectivity index (χ2v) is 12.7. The molecule has 0 N–H and O–H groups in total. The summed E-state index contributed by atoms with van der Waals surface area (Å²) in [6.07, 6.45) is 0. The van der Waals surface area contributed by atoms with E-state index in [0.717, 1.165) is 72.2 Å². The van der Waals surface area contributed by atoms with E-state index in [1.54, 1.807) is 0 Å². The van der Waals surface area contributed by atoms with Crippen LogP contribution < -0.4 is 0 Å². The lowest BCUT2D eigenvalue weighted by Gasteiger charge is -2.16. The molecule has 0 aliphatic heterocycles. The summed E-state index contributed by atoms with van der Waals surface area (Å²) in [7, 11) is 0. The molecule has 244 valence electrons. The molecule has 0 unspecified atom stereocenters. The van der Waals surface area contributed by atoms with Gasteiger partial charge in [-0.05, 0) is 45.2 Å². The van der Waals surface area contributed by atoms with Gasteiger partial charge in [-0.2, -0.15) is 0 Å². The topological polar surface area (TPSA) is 51.6 Å². The molecular formula is C48H32N4. The van der Waals surface area contributed by atoms with Crippen molar-refractivity contribution in [2.45, 2.75) is 0 Å². The second kappa shape index (κ2) is 13.7. The van der Waals surface area contributed by atoms with E-state index < -0.39 is 0 Å². The summed E-state index contributed by atoms with van der Waals surface area (Å²) in [4.78, 5) is 20.1. The molecule has 0 amide bonds. The van der Waals surface area contributed by atoms with Crippen molar-refractivity contribution in [3.63, 3.8) is 0 Å². The van der Waals surface area contributed by atoms with Crippen LogP contribution in [0.3, 0.4) is 0 Å². The van der Waals surface area contributed by atoms with E-state index in [1.165, 1.54) is 0 Å². The minimum absolute atomic E-state index is 0.628. The summed E-state index contributed by atoms with van der Waals surface area (Å²) in [6.45, 7) is 0. The Bertz CT molecular complexity index is 2530. The molecule has 7 aromatic carbocycles. The molecule has 9 rings (SSSR count). The maximum Gasteiger partial charge on any atom is 0.164 e. The van der Waals surface area contributed by atoms with Crippen LogP contribution in [0.25, 0.3) is 89.7 Å². The molecule has 2 heterocycles. The van der Waals surface area contributed by atoms with Gasteiger partial charge < -0.3 is 0 Å². The fraction of sp³-hybridized carbons (Fsp3) is 0. The van der Waals surface area contributed by atoms with Crippen molar-refractivity contribution >= 4 is 10.8 Å². The second-order valence-electron chi connectivity index (χ2n) is 12.7. The van der Waals surface area contributed by atoms with Crippen LogP contribution in [0.5, 0.6) is 0 Å². The molecule has 9 aromatic rings. The Labute approximate surface area is 302 Å². The highest BCUT2D eigenvalue weighted by Gasteiger charge is 2.17. The largest absolute Gasteiger partial charge is 0.248 e. The third-order valence-corrected chi connectivity index (χ3v) is 9.34. The van der Waals surface area contributed by atoms with Gasteiger partial charge in [0, 0.05) is 27.8 Å². The molecule has 0 fully saturated rings. The summed E-state index contributed by atoms with van der Waals surface area (Å²) in [5.74, 6) is 1.91. The SMILES string of the molecule is c1ccc(-c2cc(-c3ccccc3)nc(-c3c(-c4ccc(-c5nc(-c6ccccc6)nc(-c6ccccc6)n5)cc4)ccc4ccccc34)c2)cc1. The zero-order valence-electron chi connectivity index (χ0n) is 28.3. The number of pyridine rings is 1. The molecular weight excluding hydrogens is 633 g/mol. The predicted molar refractivity (Wildman–Crippen MR) is 213 cm³/mol. The van der Waals surface area contributed by atoms with Gasteiger partial charge in [-0.1, -0.05) is 182 Å².